The third-order valence-corrected chi connectivity index (χ3v) is 5.67. The summed E-state index contributed by atoms with van der Waals surface area (Å²) in [5, 5.41) is 8.58. The molecule has 3 N–H and O–H groups in total. The standard InChI is InChI=1S/C11H11ClN4O2S3/c1-2-9-14-15-11(20-9)16-21(17,18)8-4-3-6(10(13)19)5-7(8)12/h3-5H,2H2,1H3,(H2,13,19)(H,15,16). The van der Waals surface area contributed by atoms with Crippen LogP contribution in [0.3, 0.4) is 0 Å². The first kappa shape index (κ1) is 16.1. The van der Waals surface area contributed by atoms with Crippen molar-refractivity contribution in [3.8, 4) is 0 Å². The first-order chi connectivity index (χ1) is 9.83. The summed E-state index contributed by atoms with van der Waals surface area (Å²) in [6.45, 7) is 1.91. The van der Waals surface area contributed by atoms with Gasteiger partial charge in [-0.1, -0.05) is 48.1 Å². The van der Waals surface area contributed by atoms with E-state index in [1.54, 1.807) is 0 Å². The monoisotopic (exact) mass is 362 g/mol. The molecule has 1 heterocycles. The number of benzene rings is 1. The minimum Gasteiger partial charge on any atom is -0.389 e. The number of aromatic nitrogens is 2. The number of rotatable bonds is 5. The number of anilines is 1. The van der Waals surface area contributed by atoms with Gasteiger partial charge in [-0.2, -0.15) is 0 Å². The number of halogens is 1. The number of nitrogens with two attached hydrogens (primary N) is 1. The van der Waals surface area contributed by atoms with Crippen molar-refractivity contribution < 1.29 is 8.42 Å². The molecule has 0 amide bonds. The minimum absolute atomic E-state index is 0.0352. The molecule has 6 nitrogen and oxygen atoms in total. The molecule has 0 aliphatic carbocycles. The Morgan fingerprint density at radius 2 is 2.19 bits per heavy atom. The van der Waals surface area contributed by atoms with Crippen LogP contribution in [0, 0.1) is 0 Å². The van der Waals surface area contributed by atoms with Crippen LogP contribution in [0.1, 0.15) is 17.5 Å². The van der Waals surface area contributed by atoms with Crippen molar-refractivity contribution in [2.45, 2.75) is 18.2 Å². The van der Waals surface area contributed by atoms with Gasteiger partial charge in [-0.05, 0) is 18.6 Å². The van der Waals surface area contributed by atoms with Gasteiger partial charge >= 0.3 is 0 Å². The Kier molecular flexibility index (Phi) is 4.77. The van der Waals surface area contributed by atoms with E-state index >= 15 is 0 Å². The molecular formula is C11H11ClN4O2S3. The summed E-state index contributed by atoms with van der Waals surface area (Å²) in [5.41, 5.74) is 5.97. The number of nitrogens with zero attached hydrogens (tertiary/aromatic N) is 2. The zero-order chi connectivity index (χ0) is 15.6. The van der Waals surface area contributed by atoms with E-state index in [-0.39, 0.29) is 20.0 Å². The van der Waals surface area contributed by atoms with Gasteiger partial charge in [-0.3, -0.25) is 4.72 Å². The maximum Gasteiger partial charge on any atom is 0.265 e. The Morgan fingerprint density at radius 1 is 1.48 bits per heavy atom. The van der Waals surface area contributed by atoms with Crippen molar-refractivity contribution in [2.24, 2.45) is 5.73 Å². The number of sulfonamides is 1. The smallest absolute Gasteiger partial charge is 0.265 e. The molecule has 0 aliphatic rings. The van der Waals surface area contributed by atoms with E-state index in [4.69, 9.17) is 29.6 Å². The summed E-state index contributed by atoms with van der Waals surface area (Å²) in [5.74, 6) is 0. The fourth-order valence-corrected chi connectivity index (χ4v) is 4.06. The highest BCUT2D eigenvalue weighted by atomic mass is 35.5. The zero-order valence-electron chi connectivity index (χ0n) is 10.8. The van der Waals surface area contributed by atoms with Crippen molar-refractivity contribution in [2.75, 3.05) is 4.72 Å². The molecule has 0 saturated carbocycles. The minimum atomic E-state index is -3.84. The van der Waals surface area contributed by atoms with Gasteiger partial charge < -0.3 is 5.73 Å². The number of hydrogen-bond acceptors (Lipinski definition) is 6. The lowest BCUT2D eigenvalue weighted by atomic mass is 10.2. The number of thiocarbonyl (C=S) groups is 1. The highest BCUT2D eigenvalue weighted by Gasteiger charge is 2.20. The lowest BCUT2D eigenvalue weighted by molar-refractivity contribution is 0.601. The second-order valence-electron chi connectivity index (χ2n) is 3.97. The van der Waals surface area contributed by atoms with Crippen molar-refractivity contribution in [3.63, 3.8) is 0 Å². The summed E-state index contributed by atoms with van der Waals surface area (Å²) in [7, 11) is -3.84. The zero-order valence-corrected chi connectivity index (χ0v) is 14.0. The summed E-state index contributed by atoms with van der Waals surface area (Å²) >= 11 is 12.0. The van der Waals surface area contributed by atoms with Gasteiger partial charge in [0.05, 0.1) is 5.02 Å². The molecule has 0 fully saturated rings. The maximum absolute atomic E-state index is 12.3. The van der Waals surface area contributed by atoms with E-state index in [9.17, 15) is 8.42 Å². The molecule has 0 radical (unpaired) electrons. The van der Waals surface area contributed by atoms with Crippen molar-refractivity contribution in [1.82, 2.24) is 10.2 Å². The number of hydrogen-bond donors (Lipinski definition) is 2. The molecule has 112 valence electrons. The normalized spacial score (nSPS) is 11.3. The molecule has 0 aliphatic heterocycles. The summed E-state index contributed by atoms with van der Waals surface area (Å²) in [6.07, 6.45) is 0.683. The first-order valence-electron chi connectivity index (χ1n) is 5.78. The first-order valence-corrected chi connectivity index (χ1v) is 8.86. The average molecular weight is 363 g/mol. The lowest BCUT2D eigenvalue weighted by Gasteiger charge is -2.08. The van der Waals surface area contributed by atoms with Crippen LogP contribution in [-0.4, -0.2) is 23.6 Å². The predicted molar refractivity (Wildman–Crippen MR) is 87.4 cm³/mol. The highest BCUT2D eigenvalue weighted by Crippen LogP contribution is 2.26. The molecule has 2 aromatic rings. The fourth-order valence-electron chi connectivity index (χ4n) is 1.48. The van der Waals surface area contributed by atoms with Crippen molar-refractivity contribution >= 4 is 55.3 Å². The van der Waals surface area contributed by atoms with E-state index in [0.717, 1.165) is 5.01 Å². The largest absolute Gasteiger partial charge is 0.389 e. The highest BCUT2D eigenvalue weighted by molar-refractivity contribution is 7.93. The summed E-state index contributed by atoms with van der Waals surface area (Å²) < 4.78 is 26.9. The SMILES string of the molecule is CCc1nnc(NS(=O)(=O)c2ccc(C(N)=S)cc2Cl)s1. The number of nitrogens with one attached hydrogen (secondary N) is 1. The molecular weight excluding hydrogens is 352 g/mol. The van der Waals surface area contributed by atoms with Crippen LogP contribution in [0.25, 0.3) is 0 Å². The molecule has 0 atom stereocenters. The quantitative estimate of drug-likeness (QED) is 0.791. The van der Waals surface area contributed by atoms with Crippen molar-refractivity contribution in [3.05, 3.63) is 33.8 Å². The fraction of sp³-hybridized carbons (Fsp3) is 0.182. The van der Waals surface area contributed by atoms with Gasteiger partial charge in [0.25, 0.3) is 10.0 Å². The molecule has 2 rings (SSSR count). The Bertz CT molecular complexity index is 789. The molecule has 0 unspecified atom stereocenters. The van der Waals surface area contributed by atoms with Crippen LogP contribution in [0.5, 0.6) is 0 Å². The van der Waals surface area contributed by atoms with Gasteiger partial charge in [0.1, 0.15) is 14.9 Å². The molecule has 0 bridgehead atoms. The average Bonchev–Trinajstić information content (AvgIpc) is 2.85. The maximum atomic E-state index is 12.3. The van der Waals surface area contributed by atoms with E-state index in [0.29, 0.717) is 12.0 Å². The Morgan fingerprint density at radius 3 is 2.71 bits per heavy atom. The van der Waals surface area contributed by atoms with Crippen LogP contribution in [-0.2, 0) is 16.4 Å². The Labute approximate surface area is 136 Å². The molecule has 1 aromatic carbocycles. The van der Waals surface area contributed by atoms with E-state index in [1.165, 1.54) is 29.5 Å². The van der Waals surface area contributed by atoms with Gasteiger partial charge in [0.2, 0.25) is 5.13 Å². The van der Waals surface area contributed by atoms with Gasteiger partial charge in [-0.25, -0.2) is 8.42 Å². The molecule has 0 spiro atoms. The van der Waals surface area contributed by atoms with Crippen LogP contribution in [0.15, 0.2) is 23.1 Å². The molecule has 10 heteroatoms. The summed E-state index contributed by atoms with van der Waals surface area (Å²) in [4.78, 5) is 0.0722. The second kappa shape index (κ2) is 6.22. The molecule has 1 aromatic heterocycles. The van der Waals surface area contributed by atoms with Gasteiger partial charge in [0, 0.05) is 5.56 Å². The Balaban J connectivity index is 2.33. The van der Waals surface area contributed by atoms with Crippen LogP contribution in [0.4, 0.5) is 5.13 Å². The molecule has 21 heavy (non-hydrogen) atoms. The second-order valence-corrected chi connectivity index (χ2v) is 7.53. The Hall–Kier alpha value is -1.29. The lowest BCUT2D eigenvalue weighted by Crippen LogP contribution is -2.15. The molecule has 0 saturated heterocycles. The topological polar surface area (TPSA) is 98.0 Å². The predicted octanol–water partition coefficient (Wildman–Crippen LogP) is 2.19. The third-order valence-electron chi connectivity index (χ3n) is 2.50. The van der Waals surface area contributed by atoms with Crippen LogP contribution in [0.2, 0.25) is 5.02 Å². The third kappa shape index (κ3) is 3.67. The van der Waals surface area contributed by atoms with E-state index in [2.05, 4.69) is 14.9 Å². The van der Waals surface area contributed by atoms with Gasteiger partial charge in [0.15, 0.2) is 0 Å². The number of aryl methyl sites for hydroxylation is 1. The van der Waals surface area contributed by atoms with Gasteiger partial charge in [-0.15, -0.1) is 10.2 Å². The van der Waals surface area contributed by atoms with Crippen molar-refractivity contribution in [1.29, 1.82) is 0 Å². The van der Waals surface area contributed by atoms with Crippen LogP contribution >= 0.6 is 35.2 Å². The van der Waals surface area contributed by atoms with E-state index in [1.807, 2.05) is 6.92 Å². The van der Waals surface area contributed by atoms with Crippen LogP contribution < -0.4 is 10.5 Å². The summed E-state index contributed by atoms with van der Waals surface area (Å²) in [6, 6.07) is 4.26. The van der Waals surface area contributed by atoms with E-state index < -0.39 is 10.0 Å².